The van der Waals surface area contributed by atoms with Crippen LogP contribution < -0.4 is 9.80 Å². The van der Waals surface area contributed by atoms with Gasteiger partial charge in [0.1, 0.15) is 0 Å². The van der Waals surface area contributed by atoms with E-state index in [9.17, 15) is 4.79 Å². The number of fused-ring (bicyclic) bond motifs is 2. The number of hydrogen-bond donors (Lipinski definition) is 0. The number of carbonyl (C=O) groups excluding carboxylic acids is 1. The van der Waals surface area contributed by atoms with Crippen LogP contribution in [0, 0.1) is 0 Å². The molecule has 3 rings (SSSR count). The maximum atomic E-state index is 12.0. The van der Waals surface area contributed by atoms with E-state index in [1.165, 1.54) is 19.3 Å². The van der Waals surface area contributed by atoms with Crippen LogP contribution in [0.1, 0.15) is 32.6 Å². The molecule has 0 saturated heterocycles. The van der Waals surface area contributed by atoms with Gasteiger partial charge in [-0.3, -0.25) is 9.78 Å². The molecular weight excluding hydrogens is 226 g/mol. The molecule has 1 aromatic rings. The third-order valence-corrected chi connectivity index (χ3v) is 4.28. The van der Waals surface area contributed by atoms with Crippen LogP contribution in [0.4, 0.5) is 11.4 Å². The Kier molecular flexibility index (Phi) is 2.73. The van der Waals surface area contributed by atoms with Gasteiger partial charge in [0, 0.05) is 26.2 Å². The van der Waals surface area contributed by atoms with E-state index in [2.05, 4.69) is 16.9 Å². The van der Waals surface area contributed by atoms with E-state index in [1.807, 2.05) is 17.2 Å². The number of carbonyl (C=O) groups is 1. The number of amides is 1. The Bertz CT molecular complexity index is 474. The van der Waals surface area contributed by atoms with Crippen molar-refractivity contribution in [2.75, 3.05) is 16.8 Å². The third-order valence-electron chi connectivity index (χ3n) is 4.28. The molecule has 1 saturated carbocycles. The van der Waals surface area contributed by atoms with Gasteiger partial charge >= 0.3 is 0 Å². The predicted octanol–water partition coefficient (Wildman–Crippen LogP) is 2.20. The third kappa shape index (κ3) is 1.59. The number of pyridine rings is 1. The molecule has 0 spiro atoms. The zero-order chi connectivity index (χ0) is 12.7. The van der Waals surface area contributed by atoms with E-state index in [0.717, 1.165) is 17.8 Å². The molecule has 18 heavy (non-hydrogen) atoms. The van der Waals surface area contributed by atoms with Crippen molar-refractivity contribution in [2.45, 2.75) is 44.7 Å². The topological polar surface area (TPSA) is 36.4 Å². The lowest BCUT2D eigenvalue weighted by Gasteiger charge is -2.49. The predicted molar refractivity (Wildman–Crippen MR) is 71.8 cm³/mol. The Labute approximate surface area is 108 Å². The summed E-state index contributed by atoms with van der Waals surface area (Å²) >= 11 is 0. The van der Waals surface area contributed by atoms with Crippen molar-refractivity contribution in [3.63, 3.8) is 0 Å². The molecule has 2 atom stereocenters. The zero-order valence-electron chi connectivity index (χ0n) is 11.0. The fourth-order valence-corrected chi connectivity index (χ4v) is 3.47. The van der Waals surface area contributed by atoms with Crippen molar-refractivity contribution in [2.24, 2.45) is 0 Å². The minimum Gasteiger partial charge on any atom is -0.368 e. The van der Waals surface area contributed by atoms with Crippen molar-refractivity contribution < 1.29 is 4.79 Å². The summed E-state index contributed by atoms with van der Waals surface area (Å²) in [6.45, 7) is 1.66. The average molecular weight is 245 g/mol. The van der Waals surface area contributed by atoms with Gasteiger partial charge in [-0.25, -0.2) is 0 Å². The molecule has 0 aromatic carbocycles. The Hall–Kier alpha value is -1.58. The first-order chi connectivity index (χ1) is 8.70. The first kappa shape index (κ1) is 11.5. The minimum absolute atomic E-state index is 0.134. The smallest absolute Gasteiger partial charge is 0.224 e. The highest BCUT2D eigenvalue weighted by molar-refractivity contribution is 5.97. The summed E-state index contributed by atoms with van der Waals surface area (Å²) in [5.41, 5.74) is 2.10. The highest BCUT2D eigenvalue weighted by Crippen LogP contribution is 2.41. The van der Waals surface area contributed by atoms with Gasteiger partial charge in [0.05, 0.1) is 23.6 Å². The van der Waals surface area contributed by atoms with E-state index < -0.39 is 0 Å². The van der Waals surface area contributed by atoms with Gasteiger partial charge in [-0.15, -0.1) is 0 Å². The molecule has 1 unspecified atom stereocenters. The lowest BCUT2D eigenvalue weighted by atomic mass is 9.85. The Morgan fingerprint density at radius 2 is 2.00 bits per heavy atom. The first-order valence-electron chi connectivity index (χ1n) is 6.67. The van der Waals surface area contributed by atoms with Crippen molar-refractivity contribution >= 4 is 17.3 Å². The zero-order valence-corrected chi connectivity index (χ0v) is 11.0. The van der Waals surface area contributed by atoms with Crippen LogP contribution in [0.15, 0.2) is 18.5 Å². The van der Waals surface area contributed by atoms with E-state index in [4.69, 9.17) is 0 Å². The van der Waals surface area contributed by atoms with Gasteiger partial charge in [0.2, 0.25) is 5.91 Å². The molecule has 0 N–H and O–H groups in total. The van der Waals surface area contributed by atoms with E-state index in [0.29, 0.717) is 12.1 Å². The second kappa shape index (κ2) is 4.26. The van der Waals surface area contributed by atoms with Gasteiger partial charge in [-0.1, -0.05) is 12.8 Å². The SMILES string of the molecule is CC(=O)N1c2cnccc2N(C)C2CCCC[C@H]21. The molecule has 1 aliphatic carbocycles. The van der Waals surface area contributed by atoms with Crippen molar-refractivity contribution in [1.29, 1.82) is 0 Å². The van der Waals surface area contributed by atoms with Gasteiger partial charge in [0.15, 0.2) is 0 Å². The van der Waals surface area contributed by atoms with Gasteiger partial charge < -0.3 is 9.80 Å². The number of hydrogen-bond acceptors (Lipinski definition) is 3. The maximum Gasteiger partial charge on any atom is 0.224 e. The quantitative estimate of drug-likeness (QED) is 0.703. The summed E-state index contributed by atoms with van der Waals surface area (Å²) in [5, 5.41) is 0. The van der Waals surface area contributed by atoms with Crippen molar-refractivity contribution in [1.82, 2.24) is 4.98 Å². The molecule has 1 fully saturated rings. The van der Waals surface area contributed by atoms with Crippen molar-refractivity contribution in [3.05, 3.63) is 18.5 Å². The van der Waals surface area contributed by atoms with Gasteiger partial charge in [-0.05, 0) is 18.9 Å². The summed E-state index contributed by atoms with van der Waals surface area (Å²) < 4.78 is 0. The highest BCUT2D eigenvalue weighted by Gasteiger charge is 2.40. The number of nitrogens with zero attached hydrogens (tertiary/aromatic N) is 3. The number of aromatic nitrogens is 1. The van der Waals surface area contributed by atoms with Crippen molar-refractivity contribution in [3.8, 4) is 0 Å². The highest BCUT2D eigenvalue weighted by atomic mass is 16.2. The molecule has 96 valence electrons. The fraction of sp³-hybridized carbons (Fsp3) is 0.571. The minimum atomic E-state index is 0.134. The number of likely N-dealkylation sites (N-methyl/N-ethyl adjacent to an activating group) is 1. The molecule has 1 amide bonds. The fourth-order valence-electron chi connectivity index (χ4n) is 3.47. The van der Waals surface area contributed by atoms with E-state index in [-0.39, 0.29) is 5.91 Å². The maximum absolute atomic E-state index is 12.0. The molecule has 0 radical (unpaired) electrons. The second-order valence-corrected chi connectivity index (χ2v) is 5.28. The lowest BCUT2D eigenvalue weighted by Crippen LogP contribution is -2.57. The van der Waals surface area contributed by atoms with Crippen LogP contribution in [0.2, 0.25) is 0 Å². The number of rotatable bonds is 0. The Balaban J connectivity index is 2.11. The van der Waals surface area contributed by atoms with Gasteiger partial charge in [0.25, 0.3) is 0 Å². The van der Waals surface area contributed by atoms with Crippen LogP contribution in [-0.4, -0.2) is 30.0 Å². The number of anilines is 2. The summed E-state index contributed by atoms with van der Waals surface area (Å²) in [7, 11) is 2.14. The van der Waals surface area contributed by atoms with Crippen LogP contribution in [0.25, 0.3) is 0 Å². The lowest BCUT2D eigenvalue weighted by molar-refractivity contribution is -0.117. The van der Waals surface area contributed by atoms with Crippen LogP contribution in [0.3, 0.4) is 0 Å². The summed E-state index contributed by atoms with van der Waals surface area (Å²) in [4.78, 5) is 20.5. The van der Waals surface area contributed by atoms with Crippen LogP contribution in [0.5, 0.6) is 0 Å². The molecule has 1 aromatic heterocycles. The van der Waals surface area contributed by atoms with E-state index >= 15 is 0 Å². The molecule has 2 aliphatic rings. The Morgan fingerprint density at radius 1 is 1.28 bits per heavy atom. The molecule has 1 aliphatic heterocycles. The van der Waals surface area contributed by atoms with Crippen LogP contribution >= 0.6 is 0 Å². The Morgan fingerprint density at radius 3 is 2.72 bits per heavy atom. The standard InChI is InChI=1S/C14H19N3O/c1-10(18)17-13-6-4-3-5-11(13)16(2)12-7-8-15-9-14(12)17/h7-9,11,13H,3-6H2,1-2H3/t11?,13-/m1/s1. The normalized spacial score (nSPS) is 26.6. The van der Waals surface area contributed by atoms with E-state index in [1.54, 1.807) is 13.1 Å². The molecular formula is C14H19N3O. The van der Waals surface area contributed by atoms with Gasteiger partial charge in [-0.2, -0.15) is 0 Å². The molecule has 4 heteroatoms. The summed E-state index contributed by atoms with van der Waals surface area (Å²) in [5.74, 6) is 0.134. The van der Waals surface area contributed by atoms with Crippen LogP contribution in [-0.2, 0) is 4.79 Å². The second-order valence-electron chi connectivity index (χ2n) is 5.28. The summed E-state index contributed by atoms with van der Waals surface area (Å²) in [6.07, 6.45) is 8.37. The largest absolute Gasteiger partial charge is 0.368 e. The molecule has 2 heterocycles. The summed E-state index contributed by atoms with van der Waals surface area (Å²) in [6, 6.07) is 2.78. The molecule has 4 nitrogen and oxygen atoms in total. The monoisotopic (exact) mass is 245 g/mol. The first-order valence-corrected chi connectivity index (χ1v) is 6.67. The average Bonchev–Trinajstić information content (AvgIpc) is 2.39. The molecule has 0 bridgehead atoms.